The molecular formula is C22H21BrN2O5S. The van der Waals surface area contributed by atoms with Crippen molar-refractivity contribution in [1.82, 2.24) is 4.57 Å². The zero-order chi connectivity index (χ0) is 22.2. The molecule has 7 nitrogen and oxygen atoms in total. The summed E-state index contributed by atoms with van der Waals surface area (Å²) in [6.45, 7) is 3.82. The lowest BCUT2D eigenvalue weighted by Gasteiger charge is -2.38. The summed E-state index contributed by atoms with van der Waals surface area (Å²) >= 11 is 3.47. The minimum absolute atomic E-state index is 0.105. The van der Waals surface area contributed by atoms with Crippen LogP contribution in [0, 0.1) is 0 Å². The number of anilines is 1. The average molecular weight is 505 g/mol. The summed E-state index contributed by atoms with van der Waals surface area (Å²) in [5.74, 6) is 0.208. The average Bonchev–Trinajstić information content (AvgIpc) is 3.22. The van der Waals surface area contributed by atoms with Gasteiger partial charge < -0.3 is 14.0 Å². The van der Waals surface area contributed by atoms with E-state index in [-0.39, 0.29) is 23.3 Å². The van der Waals surface area contributed by atoms with Crippen molar-refractivity contribution in [1.29, 1.82) is 0 Å². The molecule has 162 valence electrons. The number of benzene rings is 2. The highest BCUT2D eigenvalue weighted by molar-refractivity contribution is 9.10. The highest BCUT2D eigenvalue weighted by atomic mass is 79.9. The van der Waals surface area contributed by atoms with Crippen molar-refractivity contribution in [2.45, 2.75) is 31.2 Å². The predicted octanol–water partition coefficient (Wildman–Crippen LogP) is 5.44. The number of nitrogens with zero attached hydrogens (tertiary/aromatic N) is 2. The normalized spacial score (nSPS) is 15.2. The van der Waals surface area contributed by atoms with Crippen molar-refractivity contribution in [3.63, 3.8) is 0 Å². The number of hydrogen-bond donors (Lipinski definition) is 0. The van der Waals surface area contributed by atoms with Gasteiger partial charge in [0.1, 0.15) is 5.75 Å². The first kappa shape index (κ1) is 21.5. The Bertz CT molecular complexity index is 1220. The molecule has 1 aliphatic heterocycles. The van der Waals surface area contributed by atoms with Gasteiger partial charge in [-0.1, -0.05) is 22.9 Å². The summed E-state index contributed by atoms with van der Waals surface area (Å²) in [5, 5.41) is 0. The molecule has 0 N–H and O–H groups in total. The van der Waals surface area contributed by atoms with Crippen LogP contribution in [-0.4, -0.2) is 25.7 Å². The molecule has 0 unspecified atom stereocenters. The monoisotopic (exact) mass is 504 g/mol. The van der Waals surface area contributed by atoms with Crippen molar-refractivity contribution in [3.05, 3.63) is 71.0 Å². The van der Waals surface area contributed by atoms with Crippen LogP contribution in [0.3, 0.4) is 0 Å². The third kappa shape index (κ3) is 3.83. The Morgan fingerprint density at radius 1 is 1.06 bits per heavy atom. The van der Waals surface area contributed by atoms with Gasteiger partial charge in [-0.2, -0.15) is 0 Å². The maximum absolute atomic E-state index is 13.8. The topological polar surface area (TPSA) is 77.8 Å². The number of hydrogen-bond acceptors (Lipinski definition) is 5. The van der Waals surface area contributed by atoms with Gasteiger partial charge in [-0.05, 0) is 67.9 Å². The minimum Gasteiger partial charge on any atom is -0.434 e. The second kappa shape index (κ2) is 8.39. The van der Waals surface area contributed by atoms with Gasteiger partial charge >= 0.3 is 6.16 Å². The van der Waals surface area contributed by atoms with Gasteiger partial charge in [-0.15, -0.1) is 0 Å². The molecule has 0 fully saturated rings. The number of carbonyl (C=O) groups is 1. The highest BCUT2D eigenvalue weighted by Crippen LogP contribution is 2.44. The zero-order valence-electron chi connectivity index (χ0n) is 17.0. The van der Waals surface area contributed by atoms with Gasteiger partial charge in [0.05, 0.1) is 28.9 Å². The Morgan fingerprint density at radius 3 is 2.48 bits per heavy atom. The first-order valence-corrected chi connectivity index (χ1v) is 12.1. The Kier molecular flexibility index (Phi) is 5.81. The van der Waals surface area contributed by atoms with Gasteiger partial charge in [-0.25, -0.2) is 13.2 Å². The number of halogens is 1. The SMILES string of the molecule is CCOC(=O)Oc1ccc(S(=O)(=O)N2c3cc(Br)ccc3-n3cccc3[C@@H]2CC)cc1. The number of ether oxygens (including phenoxy) is 2. The molecular weight excluding hydrogens is 484 g/mol. The molecule has 0 bridgehead atoms. The van der Waals surface area contributed by atoms with Crippen molar-refractivity contribution in [3.8, 4) is 11.4 Å². The molecule has 0 radical (unpaired) electrons. The number of fused-ring (bicyclic) bond motifs is 3. The van der Waals surface area contributed by atoms with E-state index in [1.165, 1.54) is 28.6 Å². The molecule has 3 aromatic rings. The summed E-state index contributed by atoms with van der Waals surface area (Å²) in [6, 6.07) is 14.9. The van der Waals surface area contributed by atoms with Crippen LogP contribution < -0.4 is 9.04 Å². The van der Waals surface area contributed by atoms with E-state index in [1.807, 2.05) is 48.0 Å². The maximum Gasteiger partial charge on any atom is 0.513 e. The van der Waals surface area contributed by atoms with Crippen molar-refractivity contribution in [2.75, 3.05) is 10.9 Å². The molecule has 31 heavy (non-hydrogen) atoms. The van der Waals surface area contributed by atoms with E-state index in [0.29, 0.717) is 12.1 Å². The fourth-order valence-corrected chi connectivity index (χ4v) is 5.81. The standard InChI is InChI=1S/C22H21BrN2O5S/c1-3-18-19-6-5-13-24(19)20-12-7-15(23)14-21(20)25(18)31(27,28)17-10-8-16(9-11-17)30-22(26)29-4-2/h5-14,18H,3-4H2,1-2H3/t18-/m0/s1. The molecule has 1 aromatic heterocycles. The third-order valence-electron chi connectivity index (χ3n) is 5.07. The molecule has 0 amide bonds. The van der Waals surface area contributed by atoms with Gasteiger partial charge in [0.15, 0.2) is 0 Å². The van der Waals surface area contributed by atoms with E-state index in [1.54, 1.807) is 6.92 Å². The van der Waals surface area contributed by atoms with Gasteiger partial charge in [0, 0.05) is 16.4 Å². The van der Waals surface area contributed by atoms with Crippen LogP contribution in [0.15, 0.2) is 70.2 Å². The largest absolute Gasteiger partial charge is 0.513 e. The summed E-state index contributed by atoms with van der Waals surface area (Å²) in [7, 11) is -3.90. The summed E-state index contributed by atoms with van der Waals surface area (Å²) < 4.78 is 41.6. The Labute approximate surface area is 189 Å². The van der Waals surface area contributed by atoms with Crippen molar-refractivity contribution >= 4 is 37.8 Å². The van der Waals surface area contributed by atoms with Crippen LogP contribution in [0.5, 0.6) is 5.75 Å². The molecule has 1 aliphatic rings. The van der Waals surface area contributed by atoms with Gasteiger partial charge in [-0.3, -0.25) is 4.31 Å². The van der Waals surface area contributed by atoms with Crippen molar-refractivity contribution < 1.29 is 22.7 Å². The lowest BCUT2D eigenvalue weighted by molar-refractivity contribution is 0.104. The van der Waals surface area contributed by atoms with Crippen molar-refractivity contribution in [2.24, 2.45) is 0 Å². The minimum atomic E-state index is -3.90. The fraction of sp³-hybridized carbons (Fsp3) is 0.227. The molecule has 0 saturated carbocycles. The molecule has 1 atom stereocenters. The number of aromatic nitrogens is 1. The predicted molar refractivity (Wildman–Crippen MR) is 120 cm³/mol. The quantitative estimate of drug-likeness (QED) is 0.341. The summed E-state index contributed by atoms with van der Waals surface area (Å²) in [4.78, 5) is 11.6. The Balaban J connectivity index is 1.77. The Morgan fingerprint density at radius 2 is 1.81 bits per heavy atom. The first-order chi connectivity index (χ1) is 14.9. The van der Waals surface area contributed by atoms with E-state index < -0.39 is 16.2 Å². The lowest BCUT2D eigenvalue weighted by Crippen LogP contribution is -2.39. The molecule has 0 aliphatic carbocycles. The second-order valence-corrected chi connectivity index (χ2v) is 9.65. The molecule has 0 saturated heterocycles. The van der Waals surface area contributed by atoms with Gasteiger partial charge in [0.2, 0.25) is 0 Å². The van der Waals surface area contributed by atoms with Gasteiger partial charge in [0.25, 0.3) is 10.0 Å². The van der Waals surface area contributed by atoms with E-state index in [4.69, 9.17) is 9.47 Å². The first-order valence-electron chi connectivity index (χ1n) is 9.83. The maximum atomic E-state index is 13.8. The Hall–Kier alpha value is -2.78. The molecule has 0 spiro atoms. The third-order valence-corrected chi connectivity index (χ3v) is 7.40. The zero-order valence-corrected chi connectivity index (χ0v) is 19.4. The van der Waals surface area contributed by atoms with Crippen LogP contribution >= 0.6 is 15.9 Å². The molecule has 2 heterocycles. The van der Waals surface area contributed by atoms with E-state index in [2.05, 4.69) is 15.9 Å². The summed E-state index contributed by atoms with van der Waals surface area (Å²) in [5.41, 5.74) is 2.29. The van der Waals surface area contributed by atoms with E-state index >= 15 is 0 Å². The van der Waals surface area contributed by atoms with Crippen LogP contribution in [0.4, 0.5) is 10.5 Å². The molecule has 4 rings (SSSR count). The van der Waals surface area contributed by atoms with E-state index in [0.717, 1.165) is 15.9 Å². The second-order valence-electron chi connectivity index (χ2n) is 6.92. The van der Waals surface area contributed by atoms with Crippen LogP contribution in [0.1, 0.15) is 32.0 Å². The molecule has 9 heteroatoms. The smallest absolute Gasteiger partial charge is 0.434 e. The number of sulfonamides is 1. The lowest BCUT2D eigenvalue weighted by atomic mass is 10.1. The van der Waals surface area contributed by atoms with Crippen LogP contribution in [0.2, 0.25) is 0 Å². The fourth-order valence-electron chi connectivity index (χ4n) is 3.76. The van der Waals surface area contributed by atoms with Crippen LogP contribution in [0.25, 0.3) is 5.69 Å². The number of carbonyl (C=O) groups excluding carboxylic acids is 1. The van der Waals surface area contributed by atoms with E-state index in [9.17, 15) is 13.2 Å². The van der Waals surface area contributed by atoms with Crippen LogP contribution in [-0.2, 0) is 14.8 Å². The molecule has 2 aromatic carbocycles. The summed E-state index contributed by atoms with van der Waals surface area (Å²) in [6.07, 6.45) is 1.70. The highest BCUT2D eigenvalue weighted by Gasteiger charge is 2.38. The number of rotatable bonds is 5.